The Labute approximate surface area is 129 Å². The fourth-order valence-corrected chi connectivity index (χ4v) is 2.42. The molecule has 112 valence electrons. The van der Waals surface area contributed by atoms with Gasteiger partial charge in [0, 0.05) is 24.6 Å². The van der Waals surface area contributed by atoms with Crippen LogP contribution in [0.4, 0.5) is 0 Å². The van der Waals surface area contributed by atoms with Gasteiger partial charge in [0.15, 0.2) is 0 Å². The third kappa shape index (κ3) is 5.61. The van der Waals surface area contributed by atoms with Crippen LogP contribution in [0, 0.1) is 0 Å². The highest BCUT2D eigenvalue weighted by molar-refractivity contribution is 9.10. The fourth-order valence-electron chi connectivity index (χ4n) is 2.01. The molecule has 0 aliphatic heterocycles. The minimum atomic E-state index is 0.0719. The van der Waals surface area contributed by atoms with Crippen LogP contribution in [0.15, 0.2) is 28.7 Å². The van der Waals surface area contributed by atoms with Crippen molar-refractivity contribution >= 4 is 21.8 Å². The molecule has 0 bridgehead atoms. The predicted molar refractivity (Wildman–Crippen MR) is 84.4 cm³/mol. The molecular formula is C15H23BrN2O2. The first kappa shape index (κ1) is 17.1. The van der Waals surface area contributed by atoms with E-state index in [1.54, 1.807) is 4.90 Å². The summed E-state index contributed by atoms with van der Waals surface area (Å²) >= 11 is 3.49. The number of carbonyl (C=O) groups excluding carboxylic acids is 1. The molecule has 0 radical (unpaired) electrons. The topological polar surface area (TPSA) is 43.8 Å². The zero-order chi connectivity index (χ0) is 15.0. The number of amides is 1. The molecule has 0 aromatic heterocycles. The molecule has 20 heavy (non-hydrogen) atoms. The Morgan fingerprint density at radius 2 is 2.00 bits per heavy atom. The van der Waals surface area contributed by atoms with Gasteiger partial charge in [-0.1, -0.05) is 41.1 Å². The number of halogens is 1. The summed E-state index contributed by atoms with van der Waals surface area (Å²) in [6.07, 6.45) is 0.973. The summed E-state index contributed by atoms with van der Waals surface area (Å²) in [4.78, 5) is 15.9. The second kappa shape index (κ2) is 9.10. The van der Waals surface area contributed by atoms with E-state index >= 15 is 0 Å². The number of likely N-dealkylation sites (N-methyl/N-ethyl adjacent to an activating group) is 1. The Bertz CT molecular complexity index is 420. The van der Waals surface area contributed by atoms with E-state index in [9.17, 15) is 4.79 Å². The molecule has 1 aromatic carbocycles. The maximum Gasteiger partial charge on any atom is 0.236 e. The second-order valence-corrected chi connectivity index (χ2v) is 5.70. The van der Waals surface area contributed by atoms with Crippen LogP contribution in [-0.4, -0.2) is 54.1 Å². The number of hydrogen-bond donors (Lipinski definition) is 1. The van der Waals surface area contributed by atoms with Gasteiger partial charge in [-0.25, -0.2) is 0 Å². The summed E-state index contributed by atoms with van der Waals surface area (Å²) < 4.78 is 1.01. The van der Waals surface area contributed by atoms with E-state index in [2.05, 4.69) is 22.9 Å². The number of hydrogen-bond acceptors (Lipinski definition) is 3. The molecule has 1 aromatic rings. The van der Waals surface area contributed by atoms with Crippen molar-refractivity contribution in [2.45, 2.75) is 19.9 Å². The lowest BCUT2D eigenvalue weighted by Gasteiger charge is -2.24. The molecule has 0 saturated carbocycles. The van der Waals surface area contributed by atoms with Gasteiger partial charge < -0.3 is 10.0 Å². The lowest BCUT2D eigenvalue weighted by Crippen LogP contribution is -2.39. The maximum atomic E-state index is 12.2. The van der Waals surface area contributed by atoms with Gasteiger partial charge in [-0.3, -0.25) is 9.69 Å². The van der Waals surface area contributed by atoms with Crippen molar-refractivity contribution < 1.29 is 9.90 Å². The number of benzene rings is 1. The normalized spacial score (nSPS) is 10.8. The molecule has 0 aliphatic carbocycles. The molecule has 4 nitrogen and oxygen atoms in total. The molecule has 1 amide bonds. The molecule has 0 spiro atoms. The molecule has 0 saturated heterocycles. The van der Waals surface area contributed by atoms with Gasteiger partial charge >= 0.3 is 0 Å². The summed E-state index contributed by atoms with van der Waals surface area (Å²) in [5.74, 6) is 0.0719. The van der Waals surface area contributed by atoms with Crippen molar-refractivity contribution in [3.05, 3.63) is 34.3 Å². The molecule has 0 heterocycles. The fraction of sp³-hybridized carbons (Fsp3) is 0.533. The molecule has 1 rings (SSSR count). The monoisotopic (exact) mass is 342 g/mol. The molecular weight excluding hydrogens is 320 g/mol. The number of nitrogens with zero attached hydrogens (tertiary/aromatic N) is 2. The molecule has 0 unspecified atom stereocenters. The highest BCUT2D eigenvalue weighted by Crippen LogP contribution is 2.17. The minimum absolute atomic E-state index is 0.0719. The lowest BCUT2D eigenvalue weighted by atomic mass is 10.2. The van der Waals surface area contributed by atoms with Crippen molar-refractivity contribution in [3.8, 4) is 0 Å². The molecule has 5 heteroatoms. The summed E-state index contributed by atoms with van der Waals surface area (Å²) in [5.41, 5.74) is 1.09. The van der Waals surface area contributed by atoms with Crippen molar-refractivity contribution in [2.75, 3.05) is 33.3 Å². The molecule has 1 N–H and O–H groups in total. The zero-order valence-corrected chi connectivity index (χ0v) is 13.8. The van der Waals surface area contributed by atoms with Gasteiger partial charge in [-0.05, 0) is 24.6 Å². The van der Waals surface area contributed by atoms with Crippen LogP contribution in [0.1, 0.15) is 18.9 Å². The average Bonchev–Trinajstić information content (AvgIpc) is 2.41. The van der Waals surface area contributed by atoms with Crippen molar-refractivity contribution in [2.24, 2.45) is 0 Å². The Hall–Kier alpha value is -0.910. The Morgan fingerprint density at radius 1 is 1.30 bits per heavy atom. The first-order valence-corrected chi connectivity index (χ1v) is 7.68. The van der Waals surface area contributed by atoms with E-state index < -0.39 is 0 Å². The van der Waals surface area contributed by atoms with E-state index in [-0.39, 0.29) is 12.5 Å². The minimum Gasteiger partial charge on any atom is -0.395 e. The summed E-state index contributed by atoms with van der Waals surface area (Å²) in [7, 11) is 1.81. The first-order valence-electron chi connectivity index (χ1n) is 6.89. The molecule has 0 fully saturated rings. The predicted octanol–water partition coefficient (Wildman–Crippen LogP) is 2.11. The van der Waals surface area contributed by atoms with E-state index in [1.165, 1.54) is 0 Å². The van der Waals surface area contributed by atoms with Gasteiger partial charge in [0.1, 0.15) is 0 Å². The van der Waals surface area contributed by atoms with Crippen molar-refractivity contribution in [3.63, 3.8) is 0 Å². The van der Waals surface area contributed by atoms with Gasteiger partial charge in [0.05, 0.1) is 13.2 Å². The van der Waals surface area contributed by atoms with Crippen molar-refractivity contribution in [1.29, 1.82) is 0 Å². The number of aliphatic hydroxyl groups is 1. The second-order valence-electron chi connectivity index (χ2n) is 4.84. The number of aliphatic hydroxyl groups excluding tert-OH is 1. The largest absolute Gasteiger partial charge is 0.395 e. The summed E-state index contributed by atoms with van der Waals surface area (Å²) in [5, 5.41) is 9.01. The highest BCUT2D eigenvalue weighted by atomic mass is 79.9. The van der Waals surface area contributed by atoms with E-state index in [0.717, 1.165) is 23.0 Å². The van der Waals surface area contributed by atoms with Gasteiger partial charge in [-0.2, -0.15) is 0 Å². The first-order chi connectivity index (χ1) is 9.58. The SMILES string of the molecule is CCCN(CCO)CC(=O)N(C)Cc1ccccc1Br. The van der Waals surface area contributed by atoms with E-state index in [4.69, 9.17) is 5.11 Å². The highest BCUT2D eigenvalue weighted by Gasteiger charge is 2.14. The third-order valence-corrected chi connectivity index (χ3v) is 3.88. The van der Waals surface area contributed by atoms with Crippen LogP contribution in [0.3, 0.4) is 0 Å². The van der Waals surface area contributed by atoms with E-state index in [1.807, 2.05) is 36.2 Å². The van der Waals surface area contributed by atoms with E-state index in [0.29, 0.717) is 19.6 Å². The average molecular weight is 343 g/mol. The zero-order valence-electron chi connectivity index (χ0n) is 12.2. The molecule has 0 atom stereocenters. The van der Waals surface area contributed by atoms with Gasteiger partial charge in [0.2, 0.25) is 5.91 Å². The van der Waals surface area contributed by atoms with Gasteiger partial charge in [-0.15, -0.1) is 0 Å². The van der Waals surface area contributed by atoms with Crippen LogP contribution >= 0.6 is 15.9 Å². The van der Waals surface area contributed by atoms with Crippen LogP contribution in [0.2, 0.25) is 0 Å². The van der Waals surface area contributed by atoms with Crippen LogP contribution in [0.25, 0.3) is 0 Å². The Morgan fingerprint density at radius 3 is 2.60 bits per heavy atom. The van der Waals surface area contributed by atoms with Crippen LogP contribution in [-0.2, 0) is 11.3 Å². The standard InChI is InChI=1S/C15H23BrN2O2/c1-3-8-18(9-10-19)12-15(20)17(2)11-13-6-4-5-7-14(13)16/h4-7,19H,3,8-12H2,1-2H3. The van der Waals surface area contributed by atoms with Crippen molar-refractivity contribution in [1.82, 2.24) is 9.80 Å². The third-order valence-electron chi connectivity index (χ3n) is 3.11. The smallest absolute Gasteiger partial charge is 0.236 e. The van der Waals surface area contributed by atoms with Gasteiger partial charge in [0.25, 0.3) is 0 Å². The number of rotatable bonds is 8. The summed E-state index contributed by atoms with van der Waals surface area (Å²) in [6, 6.07) is 7.90. The molecule has 0 aliphatic rings. The quantitative estimate of drug-likeness (QED) is 0.786. The Balaban J connectivity index is 2.56. The lowest BCUT2D eigenvalue weighted by molar-refractivity contribution is -0.131. The maximum absolute atomic E-state index is 12.2. The number of carbonyl (C=O) groups is 1. The van der Waals surface area contributed by atoms with Crippen LogP contribution in [0.5, 0.6) is 0 Å². The Kier molecular flexibility index (Phi) is 7.80. The van der Waals surface area contributed by atoms with Crippen LogP contribution < -0.4 is 0 Å². The summed E-state index contributed by atoms with van der Waals surface area (Å²) in [6.45, 7) is 4.47.